The lowest BCUT2D eigenvalue weighted by Gasteiger charge is -2.22. The molecule has 0 saturated heterocycles. The summed E-state index contributed by atoms with van der Waals surface area (Å²) < 4.78 is 0. The summed E-state index contributed by atoms with van der Waals surface area (Å²) in [5, 5.41) is 5.94. The molecule has 0 bridgehead atoms. The molecule has 0 radical (unpaired) electrons. The van der Waals surface area contributed by atoms with E-state index in [0.29, 0.717) is 6.54 Å². The van der Waals surface area contributed by atoms with E-state index in [1.54, 1.807) is 0 Å². The van der Waals surface area contributed by atoms with Gasteiger partial charge in [0.05, 0.1) is 0 Å². The predicted molar refractivity (Wildman–Crippen MR) is 98.0 cm³/mol. The highest BCUT2D eigenvalue weighted by atomic mass is 127. The molecule has 6 heteroatoms. The molecule has 1 aromatic rings. The molecule has 0 aliphatic heterocycles. The van der Waals surface area contributed by atoms with Crippen molar-refractivity contribution in [2.45, 2.75) is 20.4 Å². The standard InChI is InChI=1S/C15H24N4O.HI/c1-4-16-14(20)11-18-15(17-5-2)19(3)12-13-9-7-6-8-10-13;/h6-10H,4-5,11-12H2,1-3H3,(H,16,20)(H,17,18);1H. The first-order valence-electron chi connectivity index (χ1n) is 6.97. The average Bonchev–Trinajstić information content (AvgIpc) is 2.44. The molecule has 0 aliphatic rings. The molecule has 0 spiro atoms. The molecule has 0 atom stereocenters. The van der Waals surface area contributed by atoms with Crippen molar-refractivity contribution in [1.82, 2.24) is 15.5 Å². The predicted octanol–water partition coefficient (Wildman–Crippen LogP) is 1.84. The summed E-state index contributed by atoms with van der Waals surface area (Å²) >= 11 is 0. The van der Waals surface area contributed by atoms with Crippen LogP contribution in [-0.4, -0.2) is 43.4 Å². The fourth-order valence-electron chi connectivity index (χ4n) is 1.80. The molecule has 0 aromatic heterocycles. The normalized spacial score (nSPS) is 10.5. The Morgan fingerprint density at radius 1 is 1.14 bits per heavy atom. The van der Waals surface area contributed by atoms with E-state index in [4.69, 9.17) is 0 Å². The number of likely N-dealkylation sites (N-methyl/N-ethyl adjacent to an activating group) is 1. The SMILES string of the molecule is CCNC(=O)CN=C(NCC)N(C)Cc1ccccc1.I. The maximum Gasteiger partial charge on any atom is 0.241 e. The van der Waals surface area contributed by atoms with Crippen LogP contribution >= 0.6 is 24.0 Å². The number of nitrogens with one attached hydrogen (secondary N) is 2. The van der Waals surface area contributed by atoms with Gasteiger partial charge in [-0.05, 0) is 19.4 Å². The van der Waals surface area contributed by atoms with Crippen LogP contribution in [0.3, 0.4) is 0 Å². The van der Waals surface area contributed by atoms with Crippen molar-refractivity contribution in [3.8, 4) is 0 Å². The largest absolute Gasteiger partial charge is 0.357 e. The third-order valence-electron chi connectivity index (χ3n) is 2.71. The van der Waals surface area contributed by atoms with Crippen molar-refractivity contribution >= 4 is 35.8 Å². The van der Waals surface area contributed by atoms with Crippen LogP contribution in [0.5, 0.6) is 0 Å². The summed E-state index contributed by atoms with van der Waals surface area (Å²) in [5.41, 5.74) is 1.21. The minimum absolute atomic E-state index is 0. The van der Waals surface area contributed by atoms with Crippen molar-refractivity contribution in [2.75, 3.05) is 26.7 Å². The molecule has 5 nitrogen and oxygen atoms in total. The van der Waals surface area contributed by atoms with Gasteiger partial charge in [-0.15, -0.1) is 24.0 Å². The minimum Gasteiger partial charge on any atom is -0.357 e. The van der Waals surface area contributed by atoms with Gasteiger partial charge in [-0.3, -0.25) is 4.79 Å². The second kappa shape index (κ2) is 11.4. The van der Waals surface area contributed by atoms with Crippen LogP contribution in [0.15, 0.2) is 35.3 Å². The van der Waals surface area contributed by atoms with Gasteiger partial charge < -0.3 is 15.5 Å². The Morgan fingerprint density at radius 3 is 2.33 bits per heavy atom. The minimum atomic E-state index is -0.0592. The summed E-state index contributed by atoms with van der Waals surface area (Å²) in [4.78, 5) is 17.8. The number of rotatable bonds is 6. The second-order valence-corrected chi connectivity index (χ2v) is 4.47. The number of nitrogens with zero attached hydrogens (tertiary/aromatic N) is 2. The number of aliphatic imine (C=N–C) groups is 1. The van der Waals surface area contributed by atoms with E-state index in [1.165, 1.54) is 5.56 Å². The molecular weight excluding hydrogens is 379 g/mol. The van der Waals surface area contributed by atoms with Crippen molar-refractivity contribution < 1.29 is 4.79 Å². The molecule has 21 heavy (non-hydrogen) atoms. The number of benzene rings is 1. The van der Waals surface area contributed by atoms with Crippen LogP contribution in [0.4, 0.5) is 0 Å². The first-order chi connectivity index (χ1) is 9.67. The molecule has 1 amide bonds. The summed E-state index contributed by atoms with van der Waals surface area (Å²) in [6.45, 7) is 6.21. The third kappa shape index (κ3) is 7.89. The number of amides is 1. The lowest BCUT2D eigenvalue weighted by Crippen LogP contribution is -2.39. The molecule has 0 aliphatic carbocycles. The molecule has 0 unspecified atom stereocenters. The van der Waals surface area contributed by atoms with E-state index in [1.807, 2.05) is 44.0 Å². The number of guanidine groups is 1. The monoisotopic (exact) mass is 404 g/mol. The second-order valence-electron chi connectivity index (χ2n) is 4.47. The van der Waals surface area contributed by atoms with Gasteiger partial charge in [0.2, 0.25) is 5.91 Å². The highest BCUT2D eigenvalue weighted by molar-refractivity contribution is 14.0. The van der Waals surface area contributed by atoms with Gasteiger partial charge in [-0.2, -0.15) is 0 Å². The van der Waals surface area contributed by atoms with Crippen LogP contribution in [0.25, 0.3) is 0 Å². The molecule has 0 saturated carbocycles. The first-order valence-corrected chi connectivity index (χ1v) is 6.97. The van der Waals surface area contributed by atoms with Gasteiger partial charge >= 0.3 is 0 Å². The van der Waals surface area contributed by atoms with E-state index in [0.717, 1.165) is 19.0 Å². The first kappa shape index (κ1) is 19.7. The lowest BCUT2D eigenvalue weighted by molar-refractivity contribution is -0.119. The Hall–Kier alpha value is -1.31. The Labute approximate surface area is 144 Å². The summed E-state index contributed by atoms with van der Waals surface area (Å²) in [5.74, 6) is 0.679. The average molecular weight is 404 g/mol. The van der Waals surface area contributed by atoms with Crippen LogP contribution in [0, 0.1) is 0 Å². The van der Waals surface area contributed by atoms with E-state index < -0.39 is 0 Å². The van der Waals surface area contributed by atoms with E-state index in [9.17, 15) is 4.79 Å². The Balaban J connectivity index is 0.00000400. The topological polar surface area (TPSA) is 56.7 Å². The van der Waals surface area contributed by atoms with E-state index >= 15 is 0 Å². The van der Waals surface area contributed by atoms with Gasteiger partial charge in [-0.1, -0.05) is 30.3 Å². The fourth-order valence-corrected chi connectivity index (χ4v) is 1.80. The molecule has 0 fully saturated rings. The quantitative estimate of drug-likeness (QED) is 0.432. The Bertz CT molecular complexity index is 437. The number of hydrogen-bond acceptors (Lipinski definition) is 2. The Morgan fingerprint density at radius 2 is 1.76 bits per heavy atom. The Kier molecular flexibility index (Phi) is 10.7. The number of carbonyl (C=O) groups is 1. The number of halogens is 1. The van der Waals surface area contributed by atoms with E-state index in [2.05, 4.69) is 27.8 Å². The summed E-state index contributed by atoms with van der Waals surface area (Å²) in [7, 11) is 1.96. The molecule has 118 valence electrons. The maximum atomic E-state index is 11.5. The van der Waals surface area contributed by atoms with Crippen LogP contribution < -0.4 is 10.6 Å². The van der Waals surface area contributed by atoms with Crippen LogP contribution in [0.2, 0.25) is 0 Å². The molecule has 1 rings (SSSR count). The molecule has 2 N–H and O–H groups in total. The lowest BCUT2D eigenvalue weighted by atomic mass is 10.2. The van der Waals surface area contributed by atoms with Crippen molar-refractivity contribution in [3.63, 3.8) is 0 Å². The van der Waals surface area contributed by atoms with Crippen LogP contribution in [0.1, 0.15) is 19.4 Å². The zero-order valence-corrected chi connectivity index (χ0v) is 15.3. The number of carbonyl (C=O) groups excluding carboxylic acids is 1. The fraction of sp³-hybridized carbons (Fsp3) is 0.467. The maximum absolute atomic E-state index is 11.5. The van der Waals surface area contributed by atoms with Gasteiger partial charge in [0.15, 0.2) is 5.96 Å². The van der Waals surface area contributed by atoms with Gasteiger partial charge in [0, 0.05) is 26.7 Å². The molecule has 1 aromatic carbocycles. The zero-order valence-electron chi connectivity index (χ0n) is 12.9. The molecule has 0 heterocycles. The van der Waals surface area contributed by atoms with Gasteiger partial charge in [-0.25, -0.2) is 4.99 Å². The summed E-state index contributed by atoms with van der Waals surface area (Å²) in [6.07, 6.45) is 0. The summed E-state index contributed by atoms with van der Waals surface area (Å²) in [6, 6.07) is 10.2. The smallest absolute Gasteiger partial charge is 0.241 e. The van der Waals surface area contributed by atoms with Crippen molar-refractivity contribution in [2.24, 2.45) is 4.99 Å². The van der Waals surface area contributed by atoms with Crippen molar-refractivity contribution in [3.05, 3.63) is 35.9 Å². The number of hydrogen-bond donors (Lipinski definition) is 2. The highest BCUT2D eigenvalue weighted by Gasteiger charge is 2.07. The van der Waals surface area contributed by atoms with Crippen molar-refractivity contribution in [1.29, 1.82) is 0 Å². The van der Waals surface area contributed by atoms with Gasteiger partial charge in [0.25, 0.3) is 0 Å². The van der Waals surface area contributed by atoms with Crippen LogP contribution in [-0.2, 0) is 11.3 Å². The molecular formula is C15H25IN4O. The third-order valence-corrected chi connectivity index (χ3v) is 2.71. The van der Waals surface area contributed by atoms with Gasteiger partial charge in [0.1, 0.15) is 6.54 Å². The highest BCUT2D eigenvalue weighted by Crippen LogP contribution is 2.02. The van der Waals surface area contributed by atoms with E-state index in [-0.39, 0.29) is 36.4 Å². The zero-order chi connectivity index (χ0) is 14.8.